The van der Waals surface area contributed by atoms with Gasteiger partial charge in [0.05, 0.1) is 0 Å². The van der Waals surface area contributed by atoms with E-state index < -0.39 is 0 Å². The summed E-state index contributed by atoms with van der Waals surface area (Å²) < 4.78 is 11.1. The SMILES string of the molecule is [Zn][O]c1ccccc1-c1nc2ccccc2o1. The second kappa shape index (κ2) is 4.30. The number of hydrogen-bond donors (Lipinski definition) is 0. The van der Waals surface area contributed by atoms with Crippen molar-refractivity contribution in [1.29, 1.82) is 0 Å². The quantitative estimate of drug-likeness (QED) is 0.673. The second-order valence-electron chi connectivity index (χ2n) is 3.63. The fourth-order valence-corrected chi connectivity index (χ4v) is 2.28. The molecule has 17 heavy (non-hydrogen) atoms. The molecule has 0 amide bonds. The van der Waals surface area contributed by atoms with Crippen LogP contribution in [0.2, 0.25) is 0 Å². The Morgan fingerprint density at radius 1 is 1.00 bits per heavy atom. The summed E-state index contributed by atoms with van der Waals surface area (Å²) in [5.41, 5.74) is 2.56. The van der Waals surface area contributed by atoms with Crippen molar-refractivity contribution < 1.29 is 26.6 Å². The third-order valence-corrected chi connectivity index (χ3v) is 3.22. The van der Waals surface area contributed by atoms with Crippen LogP contribution in [0.15, 0.2) is 52.9 Å². The molecule has 0 saturated heterocycles. The molecule has 0 bridgehead atoms. The van der Waals surface area contributed by atoms with Crippen molar-refractivity contribution in [2.45, 2.75) is 0 Å². The summed E-state index contributed by atoms with van der Waals surface area (Å²) in [4.78, 5) is 4.46. The van der Waals surface area contributed by atoms with Gasteiger partial charge in [0.15, 0.2) is 0 Å². The summed E-state index contributed by atoms with van der Waals surface area (Å²) in [6, 6.07) is 15.5. The van der Waals surface area contributed by atoms with Crippen molar-refractivity contribution in [2.24, 2.45) is 0 Å². The summed E-state index contributed by atoms with van der Waals surface area (Å²) in [5.74, 6) is 1.43. The normalized spacial score (nSPS) is 10.7. The average Bonchev–Trinajstić information content (AvgIpc) is 2.82. The van der Waals surface area contributed by atoms with Gasteiger partial charge in [-0.25, -0.2) is 0 Å². The Morgan fingerprint density at radius 3 is 2.59 bits per heavy atom. The molecule has 3 aromatic rings. The number of fused-ring (bicyclic) bond motifs is 1. The molecule has 79 valence electrons. The van der Waals surface area contributed by atoms with Gasteiger partial charge in [0, 0.05) is 0 Å². The Bertz CT molecular complexity index is 630. The molecular weight excluding hydrogens is 268 g/mol. The van der Waals surface area contributed by atoms with Crippen LogP contribution in [0.5, 0.6) is 5.75 Å². The van der Waals surface area contributed by atoms with Crippen LogP contribution in [0.1, 0.15) is 0 Å². The first-order chi connectivity index (χ1) is 8.38. The first-order valence-corrected chi connectivity index (χ1v) is 6.46. The molecule has 0 saturated carbocycles. The third kappa shape index (κ3) is 1.85. The second-order valence-corrected chi connectivity index (χ2v) is 4.23. The van der Waals surface area contributed by atoms with Gasteiger partial charge in [-0.2, -0.15) is 0 Å². The number of nitrogens with zero attached hydrogens (tertiary/aromatic N) is 1. The van der Waals surface area contributed by atoms with E-state index in [2.05, 4.69) is 4.98 Å². The van der Waals surface area contributed by atoms with E-state index in [0.29, 0.717) is 5.89 Å². The minimum absolute atomic E-state index is 0.607. The maximum atomic E-state index is 5.72. The molecule has 1 heterocycles. The Balaban J connectivity index is 2.20. The van der Waals surface area contributed by atoms with Crippen LogP contribution in [0.25, 0.3) is 22.6 Å². The van der Waals surface area contributed by atoms with Crippen LogP contribution in [-0.2, 0) is 18.7 Å². The molecular formula is C13H8NO2Zn. The van der Waals surface area contributed by atoms with Crippen molar-refractivity contribution in [2.75, 3.05) is 0 Å². The molecule has 0 aliphatic heterocycles. The topological polar surface area (TPSA) is 35.3 Å². The van der Waals surface area contributed by atoms with E-state index in [0.717, 1.165) is 41.1 Å². The zero-order valence-corrected chi connectivity index (χ0v) is 12.1. The monoisotopic (exact) mass is 274 g/mol. The number of benzene rings is 2. The van der Waals surface area contributed by atoms with E-state index in [1.807, 2.05) is 48.5 Å². The molecule has 1 aromatic heterocycles. The van der Waals surface area contributed by atoms with Crippen LogP contribution < -0.4 is 3.56 Å². The molecule has 3 rings (SSSR count). The predicted octanol–water partition coefficient (Wildman–Crippen LogP) is 3.34. The van der Waals surface area contributed by atoms with Crippen molar-refractivity contribution in [1.82, 2.24) is 4.98 Å². The van der Waals surface area contributed by atoms with Gasteiger partial charge in [0.25, 0.3) is 0 Å². The minimum atomic E-state index is 0.607. The number of para-hydroxylation sites is 3. The summed E-state index contributed by atoms with van der Waals surface area (Å²) in [6.45, 7) is 0. The van der Waals surface area contributed by atoms with Gasteiger partial charge in [-0.1, -0.05) is 0 Å². The number of rotatable bonds is 2. The van der Waals surface area contributed by atoms with Gasteiger partial charge < -0.3 is 0 Å². The van der Waals surface area contributed by atoms with Gasteiger partial charge in [-0.05, 0) is 0 Å². The van der Waals surface area contributed by atoms with Crippen LogP contribution in [0, 0.1) is 0 Å². The van der Waals surface area contributed by atoms with Crippen molar-refractivity contribution in [3.8, 4) is 17.2 Å². The van der Waals surface area contributed by atoms with E-state index >= 15 is 0 Å². The Kier molecular flexibility index (Phi) is 2.65. The Morgan fingerprint density at radius 2 is 1.76 bits per heavy atom. The molecule has 0 aliphatic carbocycles. The maximum absolute atomic E-state index is 5.72. The fraction of sp³-hybridized carbons (Fsp3) is 0. The summed E-state index contributed by atoms with van der Waals surface area (Å²) >= 11 is 0.747. The van der Waals surface area contributed by atoms with E-state index in [4.69, 9.17) is 7.98 Å². The predicted molar refractivity (Wildman–Crippen MR) is 60.1 cm³/mol. The average molecular weight is 276 g/mol. The summed E-state index contributed by atoms with van der Waals surface area (Å²) in [5, 5.41) is 0. The van der Waals surface area contributed by atoms with Gasteiger partial charge in [0.1, 0.15) is 0 Å². The fourth-order valence-electron chi connectivity index (χ4n) is 1.76. The van der Waals surface area contributed by atoms with Crippen molar-refractivity contribution >= 4 is 11.1 Å². The van der Waals surface area contributed by atoms with Gasteiger partial charge in [-0.3, -0.25) is 0 Å². The van der Waals surface area contributed by atoms with E-state index in [1.165, 1.54) is 0 Å². The number of aromatic nitrogens is 1. The van der Waals surface area contributed by atoms with Gasteiger partial charge >= 0.3 is 108 Å². The zero-order chi connectivity index (χ0) is 11.7. The number of oxazole rings is 1. The van der Waals surface area contributed by atoms with Gasteiger partial charge in [0.2, 0.25) is 0 Å². The molecule has 0 atom stereocenters. The van der Waals surface area contributed by atoms with Crippen LogP contribution in [0.3, 0.4) is 0 Å². The molecule has 2 aromatic carbocycles. The van der Waals surface area contributed by atoms with Crippen LogP contribution in [-0.4, -0.2) is 4.98 Å². The van der Waals surface area contributed by atoms with Crippen LogP contribution in [0.4, 0.5) is 0 Å². The molecule has 0 aliphatic rings. The number of hydrogen-bond acceptors (Lipinski definition) is 3. The molecule has 0 radical (unpaired) electrons. The van der Waals surface area contributed by atoms with Gasteiger partial charge in [-0.15, -0.1) is 0 Å². The summed E-state index contributed by atoms with van der Waals surface area (Å²) in [7, 11) is 0. The van der Waals surface area contributed by atoms with Crippen LogP contribution >= 0.6 is 0 Å². The molecule has 0 spiro atoms. The standard InChI is InChI=1S/C13H9NO2.Zn/c15-11-7-3-1-5-9(11)13-14-10-6-2-4-8-12(10)16-13;/h1-8,15H;/q;+1/p-1. The summed E-state index contributed by atoms with van der Waals surface area (Å²) in [6.07, 6.45) is 0. The first kappa shape index (κ1) is 10.5. The molecule has 3 nitrogen and oxygen atoms in total. The van der Waals surface area contributed by atoms with E-state index in [1.54, 1.807) is 0 Å². The first-order valence-electron chi connectivity index (χ1n) is 5.25. The molecule has 4 heteroatoms. The molecule has 0 unspecified atom stereocenters. The zero-order valence-electron chi connectivity index (χ0n) is 9.09. The molecule has 0 N–H and O–H groups in total. The third-order valence-electron chi connectivity index (χ3n) is 2.57. The van der Waals surface area contributed by atoms with Crippen molar-refractivity contribution in [3.05, 3.63) is 48.5 Å². The Labute approximate surface area is 109 Å². The Hall–Kier alpha value is -1.67. The van der Waals surface area contributed by atoms with Crippen molar-refractivity contribution in [3.63, 3.8) is 0 Å². The molecule has 0 fully saturated rings. The van der Waals surface area contributed by atoms with E-state index in [9.17, 15) is 0 Å². The van der Waals surface area contributed by atoms with E-state index in [-0.39, 0.29) is 0 Å².